The third kappa shape index (κ3) is 2.75. The third-order valence-corrected chi connectivity index (χ3v) is 2.78. The second-order valence-electron chi connectivity index (χ2n) is 4.37. The predicted molar refractivity (Wildman–Crippen MR) is 64.6 cm³/mol. The molecule has 88 valence electrons. The van der Waals surface area contributed by atoms with Gasteiger partial charge in [0.1, 0.15) is 10.8 Å². The molecule has 1 atom stereocenters. The first-order chi connectivity index (χ1) is 7.46. The van der Waals surface area contributed by atoms with Crippen LogP contribution < -0.4 is 4.74 Å². The predicted octanol–water partition coefficient (Wildman–Crippen LogP) is 2.59. The van der Waals surface area contributed by atoms with Crippen LogP contribution in [0.5, 0.6) is 5.75 Å². The lowest BCUT2D eigenvalue weighted by Crippen LogP contribution is -2.35. The highest BCUT2D eigenvalue weighted by molar-refractivity contribution is 9.09. The van der Waals surface area contributed by atoms with Gasteiger partial charge in [0.05, 0.1) is 6.61 Å². The van der Waals surface area contributed by atoms with E-state index in [1.807, 2.05) is 32.0 Å². The number of fused-ring (bicyclic) bond motifs is 1. The Hall–Kier alpha value is -0.580. The molecule has 1 aromatic rings. The third-order valence-electron chi connectivity index (χ3n) is 2.46. The van der Waals surface area contributed by atoms with Gasteiger partial charge >= 0.3 is 0 Å². The van der Waals surface area contributed by atoms with Crippen molar-refractivity contribution in [2.45, 2.75) is 37.7 Å². The fourth-order valence-corrected chi connectivity index (χ4v) is 2.09. The van der Waals surface area contributed by atoms with Crippen molar-refractivity contribution in [2.75, 3.05) is 0 Å². The summed E-state index contributed by atoms with van der Waals surface area (Å²) >= 11 is 3.12. The molecule has 0 amide bonds. The lowest BCUT2D eigenvalue weighted by atomic mass is 10.1. The van der Waals surface area contributed by atoms with Crippen molar-refractivity contribution < 1.29 is 14.6 Å². The fraction of sp³-hybridized carbons (Fsp3) is 0.500. The van der Waals surface area contributed by atoms with Crippen LogP contribution in [0.25, 0.3) is 0 Å². The molecule has 0 saturated carbocycles. The van der Waals surface area contributed by atoms with E-state index in [2.05, 4.69) is 15.9 Å². The van der Waals surface area contributed by atoms with Gasteiger partial charge in [-0.3, -0.25) is 0 Å². The number of hydrogen-bond acceptors (Lipinski definition) is 3. The number of alkyl halides is 1. The molecule has 0 aromatic heterocycles. The number of rotatable bonds is 2. The maximum atomic E-state index is 9.25. The number of hydrogen-bond donors (Lipinski definition) is 1. The smallest absolute Gasteiger partial charge is 0.205 e. The van der Waals surface area contributed by atoms with Crippen molar-refractivity contribution in [1.82, 2.24) is 0 Å². The number of benzene rings is 1. The van der Waals surface area contributed by atoms with Crippen molar-refractivity contribution in [3.05, 3.63) is 29.3 Å². The van der Waals surface area contributed by atoms with E-state index in [9.17, 15) is 5.11 Å². The van der Waals surface area contributed by atoms with Gasteiger partial charge in [0.15, 0.2) is 0 Å². The van der Waals surface area contributed by atoms with E-state index >= 15 is 0 Å². The molecule has 1 aliphatic rings. The van der Waals surface area contributed by atoms with Crippen LogP contribution in [0.1, 0.15) is 25.0 Å². The maximum absolute atomic E-state index is 9.25. The topological polar surface area (TPSA) is 38.7 Å². The molecule has 0 bridgehead atoms. The van der Waals surface area contributed by atoms with Crippen molar-refractivity contribution >= 4 is 15.9 Å². The van der Waals surface area contributed by atoms with Crippen LogP contribution in [0.15, 0.2) is 18.2 Å². The summed E-state index contributed by atoms with van der Waals surface area (Å²) in [6.45, 7) is 4.34. The molecule has 0 aliphatic carbocycles. The molecular formula is C12H15BrO3. The van der Waals surface area contributed by atoms with Gasteiger partial charge in [-0.05, 0) is 17.7 Å². The Morgan fingerprint density at radius 1 is 1.50 bits per heavy atom. The van der Waals surface area contributed by atoms with Crippen LogP contribution in [-0.4, -0.2) is 15.9 Å². The first-order valence-corrected chi connectivity index (χ1v) is 6.15. The van der Waals surface area contributed by atoms with Gasteiger partial charge in [-0.15, -0.1) is 0 Å². The lowest BCUT2D eigenvalue weighted by molar-refractivity contribution is -0.180. The first-order valence-electron chi connectivity index (χ1n) is 5.23. The summed E-state index contributed by atoms with van der Waals surface area (Å²) in [4.78, 5) is 0. The van der Waals surface area contributed by atoms with E-state index in [4.69, 9.17) is 9.47 Å². The quantitative estimate of drug-likeness (QED) is 0.850. The molecule has 0 saturated heterocycles. The molecular weight excluding hydrogens is 272 g/mol. The summed E-state index contributed by atoms with van der Waals surface area (Å²) in [7, 11) is 0. The maximum Gasteiger partial charge on any atom is 0.205 e. The zero-order valence-electron chi connectivity index (χ0n) is 9.37. The molecule has 0 spiro atoms. The van der Waals surface area contributed by atoms with Crippen molar-refractivity contribution in [2.24, 2.45) is 0 Å². The van der Waals surface area contributed by atoms with E-state index in [0.717, 1.165) is 16.9 Å². The molecule has 1 unspecified atom stereocenters. The highest BCUT2D eigenvalue weighted by Gasteiger charge is 2.27. The van der Waals surface area contributed by atoms with Crippen molar-refractivity contribution in [1.29, 1.82) is 0 Å². The number of aliphatic hydroxyl groups is 1. The van der Waals surface area contributed by atoms with Gasteiger partial charge in [-0.2, -0.15) is 0 Å². The summed E-state index contributed by atoms with van der Waals surface area (Å²) in [5.74, 6) is 0.313. The number of ether oxygens (including phenoxy) is 2. The number of aliphatic hydroxyl groups excluding tert-OH is 1. The Labute approximate surface area is 104 Å². The standard InChI is InChI=1S/C12H15BrO3/c1-12(2)15-7-9-5-8(6-11(13)14)3-4-10(9)16-12/h3-5,11,14H,6-7H2,1-2H3. The monoisotopic (exact) mass is 286 g/mol. The average Bonchev–Trinajstić information content (AvgIpc) is 2.16. The van der Waals surface area contributed by atoms with Crippen LogP contribution in [0.4, 0.5) is 0 Å². The molecule has 3 nitrogen and oxygen atoms in total. The van der Waals surface area contributed by atoms with Gasteiger partial charge < -0.3 is 14.6 Å². The van der Waals surface area contributed by atoms with E-state index in [1.165, 1.54) is 0 Å². The van der Waals surface area contributed by atoms with Crippen LogP contribution in [0, 0.1) is 0 Å². The summed E-state index contributed by atoms with van der Waals surface area (Å²) in [6, 6.07) is 5.91. The average molecular weight is 287 g/mol. The molecule has 2 rings (SSSR count). The van der Waals surface area contributed by atoms with Gasteiger partial charge in [-0.25, -0.2) is 0 Å². The normalized spacial score (nSPS) is 19.8. The summed E-state index contributed by atoms with van der Waals surface area (Å²) in [5.41, 5.74) is 2.10. The molecule has 1 aliphatic heterocycles. The minimum absolute atomic E-state index is 0.507. The van der Waals surface area contributed by atoms with E-state index in [1.54, 1.807) is 0 Å². The van der Waals surface area contributed by atoms with E-state index in [0.29, 0.717) is 13.0 Å². The van der Waals surface area contributed by atoms with Crippen molar-refractivity contribution in [3.8, 4) is 5.75 Å². The van der Waals surface area contributed by atoms with Gasteiger partial charge in [0.25, 0.3) is 0 Å². The zero-order valence-corrected chi connectivity index (χ0v) is 11.0. The van der Waals surface area contributed by atoms with Crippen LogP contribution in [-0.2, 0) is 17.8 Å². The van der Waals surface area contributed by atoms with Gasteiger partial charge in [0, 0.05) is 25.8 Å². The molecule has 16 heavy (non-hydrogen) atoms. The van der Waals surface area contributed by atoms with Gasteiger partial charge in [-0.1, -0.05) is 22.0 Å². The summed E-state index contributed by atoms with van der Waals surface area (Å²) < 4.78 is 11.2. The number of halogens is 1. The Kier molecular flexibility index (Phi) is 3.24. The minimum Gasteiger partial charge on any atom is -0.463 e. The molecule has 1 aromatic carbocycles. The fourth-order valence-electron chi connectivity index (χ4n) is 1.71. The van der Waals surface area contributed by atoms with Crippen LogP contribution >= 0.6 is 15.9 Å². The molecule has 4 heteroatoms. The lowest BCUT2D eigenvalue weighted by Gasteiger charge is -2.32. The first kappa shape index (κ1) is 11.9. The Morgan fingerprint density at radius 3 is 2.94 bits per heavy atom. The highest BCUT2D eigenvalue weighted by atomic mass is 79.9. The van der Waals surface area contributed by atoms with Crippen molar-refractivity contribution in [3.63, 3.8) is 0 Å². The van der Waals surface area contributed by atoms with E-state index < -0.39 is 10.8 Å². The van der Waals surface area contributed by atoms with Crippen LogP contribution in [0.3, 0.4) is 0 Å². The summed E-state index contributed by atoms with van der Waals surface area (Å²) in [6.07, 6.45) is 0.580. The second kappa shape index (κ2) is 4.35. The molecule has 0 fully saturated rings. The molecule has 0 radical (unpaired) electrons. The molecule has 1 heterocycles. The SMILES string of the molecule is CC1(C)OCc2cc(CC(O)Br)ccc2O1. The minimum atomic E-state index is -0.552. The second-order valence-corrected chi connectivity index (χ2v) is 5.43. The van der Waals surface area contributed by atoms with Gasteiger partial charge in [0.2, 0.25) is 5.79 Å². The Balaban J connectivity index is 2.21. The summed E-state index contributed by atoms with van der Waals surface area (Å²) in [5, 5.41) is 8.74. The van der Waals surface area contributed by atoms with Crippen LogP contribution in [0.2, 0.25) is 0 Å². The Bertz CT molecular complexity index is 388. The zero-order chi connectivity index (χ0) is 11.8. The largest absolute Gasteiger partial charge is 0.463 e. The molecule has 1 N–H and O–H groups in total. The Morgan fingerprint density at radius 2 is 2.25 bits per heavy atom. The highest BCUT2D eigenvalue weighted by Crippen LogP contribution is 2.31. The van der Waals surface area contributed by atoms with E-state index in [-0.39, 0.29) is 0 Å².